The maximum Gasteiger partial charge on any atom is 0.490 e. The number of aromatic nitrogens is 3. The second-order valence-electron chi connectivity index (χ2n) is 7.30. The van der Waals surface area contributed by atoms with Gasteiger partial charge in [-0.15, -0.1) is 0 Å². The number of carboxylic acid groups (broad SMARTS) is 1. The van der Waals surface area contributed by atoms with Crippen molar-refractivity contribution in [2.45, 2.75) is 50.9 Å². The number of alkyl halides is 3. The zero-order valence-corrected chi connectivity index (χ0v) is 16.8. The van der Waals surface area contributed by atoms with E-state index in [1.54, 1.807) is 13.0 Å². The van der Waals surface area contributed by atoms with Crippen molar-refractivity contribution >= 4 is 11.9 Å². The molecule has 4 heterocycles. The SMILES string of the molecule is Cc1cccc(C(=O)N2C[C@@H](c3nc(C)no3)C[C@H]3OCC[C@H]32)n1.O=C(O)C(F)(F)F. The van der Waals surface area contributed by atoms with Gasteiger partial charge < -0.3 is 19.3 Å². The van der Waals surface area contributed by atoms with E-state index < -0.39 is 12.1 Å². The summed E-state index contributed by atoms with van der Waals surface area (Å²) in [5, 5.41) is 11.0. The normalized spacial score (nSPS) is 23.0. The Bertz CT molecular complexity index is 949. The number of carbonyl (C=O) groups is 2. The van der Waals surface area contributed by atoms with Crippen molar-refractivity contribution < 1.29 is 37.1 Å². The summed E-state index contributed by atoms with van der Waals surface area (Å²) in [6, 6.07) is 5.61. The standard InChI is InChI=1S/C17H20N4O3.C2HF3O2/c1-10-4-3-5-13(18-10)17(22)21-9-12(16-19-11(2)20-24-16)8-15-14(21)6-7-23-15;3-2(4,5)1(6)7/h3-5,12,14-15H,6-9H2,1-2H3;(H,6,7)/t12-,14+,15+;/m0./s1. The lowest BCUT2D eigenvalue weighted by Gasteiger charge is -2.39. The highest BCUT2D eigenvalue weighted by Crippen LogP contribution is 2.36. The van der Waals surface area contributed by atoms with Gasteiger partial charge in [-0.2, -0.15) is 18.2 Å². The molecule has 168 valence electrons. The Labute approximate surface area is 175 Å². The van der Waals surface area contributed by atoms with Crippen LogP contribution in [0.4, 0.5) is 13.2 Å². The molecule has 12 heteroatoms. The van der Waals surface area contributed by atoms with Crippen LogP contribution in [0.5, 0.6) is 0 Å². The highest BCUT2D eigenvalue weighted by molar-refractivity contribution is 5.92. The number of amides is 1. The van der Waals surface area contributed by atoms with Crippen LogP contribution in [0.1, 0.15) is 46.7 Å². The predicted molar refractivity (Wildman–Crippen MR) is 98.2 cm³/mol. The van der Waals surface area contributed by atoms with Crippen LogP contribution in [0.25, 0.3) is 0 Å². The first-order chi connectivity index (χ1) is 14.6. The quantitative estimate of drug-likeness (QED) is 0.754. The molecule has 0 saturated carbocycles. The Morgan fingerprint density at radius 1 is 1.23 bits per heavy atom. The summed E-state index contributed by atoms with van der Waals surface area (Å²) in [6.07, 6.45) is -3.40. The van der Waals surface area contributed by atoms with Crippen molar-refractivity contribution in [1.29, 1.82) is 0 Å². The first-order valence-electron chi connectivity index (χ1n) is 9.52. The third-order valence-corrected chi connectivity index (χ3v) is 5.01. The molecule has 0 bridgehead atoms. The van der Waals surface area contributed by atoms with E-state index in [1.165, 1.54) is 0 Å². The molecule has 2 aliphatic rings. The molecule has 2 aliphatic heterocycles. The van der Waals surface area contributed by atoms with Crippen LogP contribution >= 0.6 is 0 Å². The number of rotatable bonds is 2. The zero-order valence-electron chi connectivity index (χ0n) is 16.8. The lowest BCUT2D eigenvalue weighted by Crippen LogP contribution is -2.51. The molecule has 9 nitrogen and oxygen atoms in total. The number of aliphatic carboxylic acids is 1. The fourth-order valence-electron chi connectivity index (χ4n) is 3.65. The monoisotopic (exact) mass is 442 g/mol. The Morgan fingerprint density at radius 2 is 1.94 bits per heavy atom. The van der Waals surface area contributed by atoms with E-state index in [1.807, 2.05) is 24.0 Å². The van der Waals surface area contributed by atoms with Gasteiger partial charge in [0.25, 0.3) is 5.91 Å². The average Bonchev–Trinajstić information content (AvgIpc) is 3.35. The number of pyridine rings is 1. The average molecular weight is 442 g/mol. The molecule has 4 rings (SSSR count). The molecule has 0 aromatic carbocycles. The summed E-state index contributed by atoms with van der Waals surface area (Å²) < 4.78 is 42.9. The summed E-state index contributed by atoms with van der Waals surface area (Å²) in [4.78, 5) is 32.5. The first-order valence-corrected chi connectivity index (χ1v) is 9.52. The minimum atomic E-state index is -5.08. The summed E-state index contributed by atoms with van der Waals surface area (Å²) in [5.74, 6) is -1.62. The lowest BCUT2D eigenvalue weighted by molar-refractivity contribution is -0.192. The van der Waals surface area contributed by atoms with Crippen molar-refractivity contribution in [3.05, 3.63) is 41.3 Å². The Morgan fingerprint density at radius 3 is 2.52 bits per heavy atom. The third kappa shape index (κ3) is 5.37. The predicted octanol–water partition coefficient (Wildman–Crippen LogP) is 2.50. The van der Waals surface area contributed by atoms with Crippen LogP contribution in [0.3, 0.4) is 0 Å². The molecule has 2 aromatic heterocycles. The fourth-order valence-corrected chi connectivity index (χ4v) is 3.65. The van der Waals surface area contributed by atoms with Gasteiger partial charge >= 0.3 is 12.1 Å². The van der Waals surface area contributed by atoms with Crippen molar-refractivity contribution in [3.8, 4) is 0 Å². The second-order valence-corrected chi connectivity index (χ2v) is 7.30. The van der Waals surface area contributed by atoms with Gasteiger partial charge in [0.1, 0.15) is 5.69 Å². The largest absolute Gasteiger partial charge is 0.490 e. The van der Waals surface area contributed by atoms with E-state index in [9.17, 15) is 18.0 Å². The van der Waals surface area contributed by atoms with Crippen molar-refractivity contribution in [2.24, 2.45) is 0 Å². The molecule has 31 heavy (non-hydrogen) atoms. The molecule has 0 aliphatic carbocycles. The molecule has 3 atom stereocenters. The Balaban J connectivity index is 0.000000339. The maximum atomic E-state index is 13.0. The van der Waals surface area contributed by atoms with Crippen molar-refractivity contribution in [3.63, 3.8) is 0 Å². The topological polar surface area (TPSA) is 119 Å². The van der Waals surface area contributed by atoms with E-state index in [4.69, 9.17) is 19.2 Å². The van der Waals surface area contributed by atoms with Crippen LogP contribution in [-0.4, -0.2) is 68.5 Å². The summed E-state index contributed by atoms with van der Waals surface area (Å²) in [5.41, 5.74) is 1.31. The van der Waals surface area contributed by atoms with E-state index in [-0.39, 0.29) is 24.0 Å². The zero-order chi connectivity index (χ0) is 22.8. The highest BCUT2D eigenvalue weighted by atomic mass is 19.4. The number of fused-ring (bicyclic) bond motifs is 1. The third-order valence-electron chi connectivity index (χ3n) is 5.01. The van der Waals surface area contributed by atoms with Gasteiger partial charge in [0.2, 0.25) is 5.89 Å². The number of hydrogen-bond acceptors (Lipinski definition) is 7. The number of carbonyl (C=O) groups excluding carboxylic acids is 1. The number of ether oxygens (including phenoxy) is 1. The molecule has 1 N–H and O–H groups in total. The Hall–Kier alpha value is -3.02. The summed E-state index contributed by atoms with van der Waals surface area (Å²) in [7, 11) is 0. The number of likely N-dealkylation sites (tertiary alicyclic amines) is 1. The van der Waals surface area contributed by atoms with Crippen LogP contribution in [-0.2, 0) is 9.53 Å². The van der Waals surface area contributed by atoms with Gasteiger partial charge in [-0.1, -0.05) is 11.2 Å². The van der Waals surface area contributed by atoms with E-state index >= 15 is 0 Å². The van der Waals surface area contributed by atoms with E-state index in [2.05, 4.69) is 15.1 Å². The highest BCUT2D eigenvalue weighted by Gasteiger charge is 2.44. The molecule has 1 amide bonds. The molecule has 2 fully saturated rings. The number of hydrogen-bond donors (Lipinski definition) is 1. The smallest absolute Gasteiger partial charge is 0.475 e. The maximum absolute atomic E-state index is 13.0. The van der Waals surface area contributed by atoms with E-state index in [0.717, 1.165) is 18.5 Å². The van der Waals surface area contributed by atoms with Gasteiger partial charge in [-0.3, -0.25) is 4.79 Å². The van der Waals surface area contributed by atoms with Crippen LogP contribution in [0, 0.1) is 13.8 Å². The fraction of sp³-hybridized carbons (Fsp3) is 0.526. The van der Waals surface area contributed by atoms with Crippen LogP contribution < -0.4 is 0 Å². The van der Waals surface area contributed by atoms with E-state index in [0.29, 0.717) is 30.6 Å². The number of carboxylic acids is 1. The molecule has 2 aromatic rings. The number of halogens is 3. The van der Waals surface area contributed by atoms with Gasteiger partial charge in [-0.25, -0.2) is 9.78 Å². The minimum Gasteiger partial charge on any atom is -0.475 e. The molecule has 0 unspecified atom stereocenters. The number of piperidine rings is 1. The second kappa shape index (κ2) is 9.00. The molecule has 0 radical (unpaired) electrons. The molecular weight excluding hydrogens is 421 g/mol. The number of aryl methyl sites for hydroxylation is 2. The van der Waals surface area contributed by atoms with Crippen molar-refractivity contribution in [1.82, 2.24) is 20.0 Å². The first kappa shape index (κ1) is 22.7. The van der Waals surface area contributed by atoms with Gasteiger partial charge in [-0.05, 0) is 38.8 Å². The van der Waals surface area contributed by atoms with Crippen molar-refractivity contribution in [2.75, 3.05) is 13.2 Å². The van der Waals surface area contributed by atoms with Gasteiger partial charge in [0, 0.05) is 18.8 Å². The minimum absolute atomic E-state index is 0.000640. The number of nitrogens with zero attached hydrogens (tertiary/aromatic N) is 4. The van der Waals surface area contributed by atoms with Crippen LogP contribution in [0.15, 0.2) is 22.7 Å². The lowest BCUT2D eigenvalue weighted by atomic mass is 9.89. The summed E-state index contributed by atoms with van der Waals surface area (Å²) in [6.45, 7) is 4.92. The van der Waals surface area contributed by atoms with Gasteiger partial charge in [0.05, 0.1) is 18.1 Å². The molecule has 0 spiro atoms. The van der Waals surface area contributed by atoms with Crippen LogP contribution in [0.2, 0.25) is 0 Å². The Kier molecular flexibility index (Phi) is 6.58. The molecular formula is C19H21F3N4O5. The van der Waals surface area contributed by atoms with Gasteiger partial charge in [0.15, 0.2) is 5.82 Å². The molecule has 2 saturated heterocycles. The summed E-state index contributed by atoms with van der Waals surface area (Å²) >= 11 is 0.